The van der Waals surface area contributed by atoms with Crippen molar-refractivity contribution in [3.8, 4) is 0 Å². The number of nitrogens with zero attached hydrogens (tertiary/aromatic N) is 1. The maximum absolute atomic E-state index is 3.68. The Balaban J connectivity index is 1.76. The average Bonchev–Trinajstić information content (AvgIpc) is 2.73. The predicted octanol–water partition coefficient (Wildman–Crippen LogP) is 3.28. The van der Waals surface area contributed by atoms with Gasteiger partial charge in [-0.25, -0.2) is 0 Å². The monoisotopic (exact) mass is 252 g/mol. The molecule has 2 rings (SSSR count). The van der Waals surface area contributed by atoms with Gasteiger partial charge in [0.15, 0.2) is 0 Å². The Kier molecular flexibility index (Phi) is 5.50. The summed E-state index contributed by atoms with van der Waals surface area (Å²) < 4.78 is 0. The van der Waals surface area contributed by atoms with E-state index < -0.39 is 0 Å². The molecule has 2 saturated carbocycles. The van der Waals surface area contributed by atoms with Crippen molar-refractivity contribution in [2.75, 3.05) is 33.2 Å². The molecule has 2 fully saturated rings. The summed E-state index contributed by atoms with van der Waals surface area (Å²) >= 11 is 0. The number of rotatable bonds is 8. The van der Waals surface area contributed by atoms with Crippen molar-refractivity contribution < 1.29 is 0 Å². The maximum Gasteiger partial charge on any atom is 0.00472 e. The van der Waals surface area contributed by atoms with E-state index in [0.29, 0.717) is 5.41 Å². The van der Waals surface area contributed by atoms with Gasteiger partial charge in [0, 0.05) is 19.6 Å². The van der Waals surface area contributed by atoms with Gasteiger partial charge in [-0.1, -0.05) is 26.2 Å². The fourth-order valence-electron chi connectivity index (χ4n) is 3.80. The molecule has 0 bridgehead atoms. The standard InChI is InChI=1S/C16H32N2/c1-3-11-17-13-16(9-4-5-10-16)14-18(2)12-15-7-6-8-15/h15,17H,3-14H2,1-2H3. The lowest BCUT2D eigenvalue weighted by Gasteiger charge is -2.37. The smallest absolute Gasteiger partial charge is 0.00472 e. The molecule has 0 unspecified atom stereocenters. The van der Waals surface area contributed by atoms with Crippen LogP contribution in [0.3, 0.4) is 0 Å². The van der Waals surface area contributed by atoms with Gasteiger partial charge in [-0.15, -0.1) is 0 Å². The van der Waals surface area contributed by atoms with Gasteiger partial charge in [0.05, 0.1) is 0 Å². The van der Waals surface area contributed by atoms with Crippen LogP contribution in [-0.2, 0) is 0 Å². The van der Waals surface area contributed by atoms with Crippen LogP contribution in [0, 0.1) is 11.3 Å². The number of hydrogen-bond donors (Lipinski definition) is 1. The summed E-state index contributed by atoms with van der Waals surface area (Å²) in [5, 5.41) is 3.68. The second kappa shape index (κ2) is 6.91. The summed E-state index contributed by atoms with van der Waals surface area (Å²) in [6, 6.07) is 0. The molecule has 1 N–H and O–H groups in total. The third-order valence-electron chi connectivity index (χ3n) is 4.99. The van der Waals surface area contributed by atoms with Gasteiger partial charge in [-0.05, 0) is 57.0 Å². The molecular formula is C16H32N2. The summed E-state index contributed by atoms with van der Waals surface area (Å²) in [5.41, 5.74) is 0.591. The van der Waals surface area contributed by atoms with Crippen LogP contribution in [0.2, 0.25) is 0 Å². The summed E-state index contributed by atoms with van der Waals surface area (Å²) in [6.07, 6.45) is 11.5. The Labute approximate surface area is 114 Å². The van der Waals surface area contributed by atoms with Gasteiger partial charge < -0.3 is 10.2 Å². The van der Waals surface area contributed by atoms with Gasteiger partial charge in [-0.3, -0.25) is 0 Å². The molecule has 0 saturated heterocycles. The first-order valence-corrected chi connectivity index (χ1v) is 8.13. The molecule has 0 heterocycles. The van der Waals surface area contributed by atoms with Crippen LogP contribution in [0.5, 0.6) is 0 Å². The van der Waals surface area contributed by atoms with Crippen LogP contribution in [-0.4, -0.2) is 38.1 Å². The average molecular weight is 252 g/mol. The second-order valence-corrected chi connectivity index (χ2v) is 6.88. The van der Waals surface area contributed by atoms with Crippen LogP contribution < -0.4 is 5.32 Å². The molecule has 0 atom stereocenters. The zero-order valence-corrected chi connectivity index (χ0v) is 12.5. The summed E-state index contributed by atoms with van der Waals surface area (Å²) in [5.74, 6) is 1.01. The topological polar surface area (TPSA) is 15.3 Å². The van der Waals surface area contributed by atoms with Crippen molar-refractivity contribution in [2.45, 2.75) is 58.3 Å². The second-order valence-electron chi connectivity index (χ2n) is 6.88. The van der Waals surface area contributed by atoms with Crippen LogP contribution in [0.4, 0.5) is 0 Å². The number of nitrogens with one attached hydrogen (secondary N) is 1. The molecule has 0 spiro atoms. The molecule has 0 amide bonds. The minimum atomic E-state index is 0.591. The summed E-state index contributed by atoms with van der Waals surface area (Å²) in [7, 11) is 2.35. The molecule has 2 nitrogen and oxygen atoms in total. The molecule has 2 heteroatoms. The molecule has 0 aromatic carbocycles. The largest absolute Gasteiger partial charge is 0.316 e. The first-order chi connectivity index (χ1) is 8.74. The quantitative estimate of drug-likeness (QED) is 0.667. The molecule has 2 aliphatic rings. The van der Waals surface area contributed by atoms with Gasteiger partial charge in [0.25, 0.3) is 0 Å². The van der Waals surface area contributed by atoms with E-state index in [0.717, 1.165) is 5.92 Å². The van der Waals surface area contributed by atoms with Gasteiger partial charge in [-0.2, -0.15) is 0 Å². The highest BCUT2D eigenvalue weighted by atomic mass is 15.1. The van der Waals surface area contributed by atoms with Crippen LogP contribution in [0.15, 0.2) is 0 Å². The first-order valence-electron chi connectivity index (χ1n) is 8.13. The van der Waals surface area contributed by atoms with E-state index in [1.54, 1.807) is 0 Å². The zero-order chi connectivity index (χ0) is 12.8. The van der Waals surface area contributed by atoms with Crippen molar-refractivity contribution in [3.63, 3.8) is 0 Å². The molecule has 18 heavy (non-hydrogen) atoms. The Hall–Kier alpha value is -0.0800. The van der Waals surface area contributed by atoms with Crippen molar-refractivity contribution in [1.29, 1.82) is 0 Å². The third-order valence-corrected chi connectivity index (χ3v) is 4.99. The lowest BCUT2D eigenvalue weighted by Crippen LogP contribution is -2.43. The first kappa shape index (κ1) is 14.3. The fraction of sp³-hybridized carbons (Fsp3) is 1.00. The molecule has 0 aromatic rings. The van der Waals surface area contributed by atoms with Crippen molar-refractivity contribution in [3.05, 3.63) is 0 Å². The van der Waals surface area contributed by atoms with Crippen molar-refractivity contribution in [1.82, 2.24) is 10.2 Å². The van der Waals surface area contributed by atoms with E-state index in [1.807, 2.05) is 0 Å². The predicted molar refractivity (Wildman–Crippen MR) is 78.9 cm³/mol. The molecule has 2 aliphatic carbocycles. The third kappa shape index (κ3) is 3.96. The lowest BCUT2D eigenvalue weighted by atomic mass is 9.82. The highest BCUT2D eigenvalue weighted by molar-refractivity contribution is 4.89. The minimum Gasteiger partial charge on any atom is -0.316 e. The van der Waals surface area contributed by atoms with Crippen molar-refractivity contribution >= 4 is 0 Å². The molecule has 106 valence electrons. The molecule has 0 radical (unpaired) electrons. The summed E-state index contributed by atoms with van der Waals surface area (Å²) in [6.45, 7) is 7.36. The van der Waals surface area contributed by atoms with E-state index in [4.69, 9.17) is 0 Å². The highest BCUT2D eigenvalue weighted by Gasteiger charge is 2.35. The van der Waals surface area contributed by atoms with Crippen LogP contribution in [0.25, 0.3) is 0 Å². The van der Waals surface area contributed by atoms with Gasteiger partial charge in [0.1, 0.15) is 0 Å². The Bertz CT molecular complexity index is 229. The van der Waals surface area contributed by atoms with E-state index in [-0.39, 0.29) is 0 Å². The fourth-order valence-corrected chi connectivity index (χ4v) is 3.80. The van der Waals surface area contributed by atoms with E-state index >= 15 is 0 Å². The molecule has 0 aliphatic heterocycles. The molecule has 0 aromatic heterocycles. The Morgan fingerprint density at radius 3 is 2.44 bits per heavy atom. The minimum absolute atomic E-state index is 0.591. The lowest BCUT2D eigenvalue weighted by molar-refractivity contribution is 0.134. The van der Waals surface area contributed by atoms with Crippen LogP contribution in [0.1, 0.15) is 58.3 Å². The van der Waals surface area contributed by atoms with Crippen LogP contribution >= 0.6 is 0 Å². The highest BCUT2D eigenvalue weighted by Crippen LogP contribution is 2.38. The SMILES string of the molecule is CCCNCC1(CN(C)CC2CCC2)CCCC1. The van der Waals surface area contributed by atoms with E-state index in [2.05, 4.69) is 24.2 Å². The maximum atomic E-state index is 3.68. The Morgan fingerprint density at radius 1 is 1.17 bits per heavy atom. The van der Waals surface area contributed by atoms with Crippen molar-refractivity contribution in [2.24, 2.45) is 11.3 Å². The van der Waals surface area contributed by atoms with E-state index in [9.17, 15) is 0 Å². The number of hydrogen-bond acceptors (Lipinski definition) is 2. The normalized spacial score (nSPS) is 23.5. The summed E-state index contributed by atoms with van der Waals surface area (Å²) in [4.78, 5) is 2.63. The van der Waals surface area contributed by atoms with Gasteiger partial charge >= 0.3 is 0 Å². The molecular weight excluding hydrogens is 220 g/mol. The Morgan fingerprint density at radius 2 is 1.89 bits per heavy atom. The van der Waals surface area contributed by atoms with E-state index in [1.165, 1.54) is 77.5 Å². The zero-order valence-electron chi connectivity index (χ0n) is 12.5. The van der Waals surface area contributed by atoms with Gasteiger partial charge in [0.2, 0.25) is 0 Å².